The van der Waals surface area contributed by atoms with Crippen molar-refractivity contribution in [2.24, 2.45) is 5.73 Å². The second-order valence-electron chi connectivity index (χ2n) is 5.38. The SMILES string of the molecule is Cc1cc(C(N)c2ccc(C)c3ccccc23)sc1C. The first-order valence-corrected chi connectivity index (χ1v) is 7.70. The van der Waals surface area contributed by atoms with Crippen LogP contribution in [0.2, 0.25) is 0 Å². The summed E-state index contributed by atoms with van der Waals surface area (Å²) in [6.07, 6.45) is 0. The van der Waals surface area contributed by atoms with E-state index in [0.717, 1.165) is 0 Å². The van der Waals surface area contributed by atoms with E-state index in [0.29, 0.717) is 0 Å². The number of nitrogens with two attached hydrogens (primary N) is 1. The molecule has 102 valence electrons. The van der Waals surface area contributed by atoms with E-state index in [1.54, 1.807) is 11.3 Å². The van der Waals surface area contributed by atoms with Crippen molar-refractivity contribution in [3.8, 4) is 0 Å². The quantitative estimate of drug-likeness (QED) is 0.712. The Labute approximate surface area is 124 Å². The Hall–Kier alpha value is -1.64. The summed E-state index contributed by atoms with van der Waals surface area (Å²) in [5, 5.41) is 2.56. The summed E-state index contributed by atoms with van der Waals surface area (Å²) in [6.45, 7) is 6.45. The zero-order chi connectivity index (χ0) is 14.3. The van der Waals surface area contributed by atoms with Crippen LogP contribution < -0.4 is 5.73 Å². The minimum atomic E-state index is -0.0436. The summed E-state index contributed by atoms with van der Waals surface area (Å²) >= 11 is 1.81. The first-order valence-electron chi connectivity index (χ1n) is 6.88. The molecule has 0 saturated carbocycles. The van der Waals surface area contributed by atoms with Gasteiger partial charge < -0.3 is 5.73 Å². The molecule has 0 bridgehead atoms. The van der Waals surface area contributed by atoms with Crippen molar-refractivity contribution in [1.82, 2.24) is 0 Å². The lowest BCUT2D eigenvalue weighted by Crippen LogP contribution is -2.10. The number of fused-ring (bicyclic) bond motifs is 1. The molecule has 0 aliphatic heterocycles. The Balaban J connectivity index is 2.17. The van der Waals surface area contributed by atoms with Gasteiger partial charge >= 0.3 is 0 Å². The molecule has 2 aromatic carbocycles. The van der Waals surface area contributed by atoms with Crippen molar-refractivity contribution in [2.75, 3.05) is 0 Å². The maximum absolute atomic E-state index is 6.53. The van der Waals surface area contributed by atoms with Gasteiger partial charge in [-0.25, -0.2) is 0 Å². The Kier molecular flexibility index (Phi) is 3.36. The molecule has 1 heterocycles. The number of benzene rings is 2. The van der Waals surface area contributed by atoms with Gasteiger partial charge in [-0.3, -0.25) is 0 Å². The van der Waals surface area contributed by atoms with E-state index in [4.69, 9.17) is 5.73 Å². The molecule has 0 saturated heterocycles. The summed E-state index contributed by atoms with van der Waals surface area (Å²) < 4.78 is 0. The van der Waals surface area contributed by atoms with Gasteiger partial charge in [-0.1, -0.05) is 36.4 Å². The van der Waals surface area contributed by atoms with Crippen LogP contribution in [-0.2, 0) is 0 Å². The molecular formula is C18H19NS. The molecule has 0 aliphatic rings. The first-order chi connectivity index (χ1) is 9.58. The molecule has 2 heteroatoms. The highest BCUT2D eigenvalue weighted by Gasteiger charge is 2.15. The predicted octanol–water partition coefficient (Wildman–Crippen LogP) is 4.87. The minimum Gasteiger partial charge on any atom is -0.320 e. The molecule has 3 aromatic rings. The fourth-order valence-electron chi connectivity index (χ4n) is 2.65. The van der Waals surface area contributed by atoms with Crippen LogP contribution in [0.25, 0.3) is 10.8 Å². The normalized spacial score (nSPS) is 12.8. The highest BCUT2D eigenvalue weighted by Crippen LogP contribution is 2.33. The van der Waals surface area contributed by atoms with Gasteiger partial charge in [0, 0.05) is 9.75 Å². The smallest absolute Gasteiger partial charge is 0.0652 e. The Morgan fingerprint density at radius 3 is 2.25 bits per heavy atom. The maximum Gasteiger partial charge on any atom is 0.0652 e. The molecule has 0 radical (unpaired) electrons. The highest BCUT2D eigenvalue weighted by molar-refractivity contribution is 7.12. The van der Waals surface area contributed by atoms with Crippen molar-refractivity contribution in [3.63, 3.8) is 0 Å². The van der Waals surface area contributed by atoms with Crippen LogP contribution in [0, 0.1) is 20.8 Å². The molecule has 1 unspecified atom stereocenters. The minimum absolute atomic E-state index is 0.0436. The molecule has 0 fully saturated rings. The summed E-state index contributed by atoms with van der Waals surface area (Å²) in [4.78, 5) is 2.60. The van der Waals surface area contributed by atoms with Crippen molar-refractivity contribution in [1.29, 1.82) is 0 Å². The number of hydrogen-bond acceptors (Lipinski definition) is 2. The van der Waals surface area contributed by atoms with Crippen molar-refractivity contribution in [2.45, 2.75) is 26.8 Å². The van der Waals surface area contributed by atoms with Gasteiger partial charge in [0.2, 0.25) is 0 Å². The standard InChI is InChI=1S/C18H19NS/c1-11-8-9-16(15-7-5-4-6-14(11)15)18(19)17-10-12(2)13(3)20-17/h4-10,18H,19H2,1-3H3. The van der Waals surface area contributed by atoms with E-state index in [-0.39, 0.29) is 6.04 Å². The van der Waals surface area contributed by atoms with Crippen molar-refractivity contribution in [3.05, 3.63) is 68.9 Å². The predicted molar refractivity (Wildman–Crippen MR) is 88.5 cm³/mol. The van der Waals surface area contributed by atoms with E-state index < -0.39 is 0 Å². The summed E-state index contributed by atoms with van der Waals surface area (Å²) in [5.74, 6) is 0. The van der Waals surface area contributed by atoms with E-state index in [9.17, 15) is 0 Å². The van der Waals surface area contributed by atoms with Gasteiger partial charge in [-0.2, -0.15) is 0 Å². The second-order valence-corrected chi connectivity index (χ2v) is 6.67. The number of hydrogen-bond donors (Lipinski definition) is 1. The molecular weight excluding hydrogens is 262 g/mol. The molecule has 1 nitrogen and oxygen atoms in total. The molecule has 0 amide bonds. The van der Waals surface area contributed by atoms with Gasteiger partial charge in [0.05, 0.1) is 6.04 Å². The van der Waals surface area contributed by atoms with E-state index >= 15 is 0 Å². The third kappa shape index (κ3) is 2.15. The lowest BCUT2D eigenvalue weighted by Gasteiger charge is -2.14. The topological polar surface area (TPSA) is 26.0 Å². The molecule has 20 heavy (non-hydrogen) atoms. The fourth-order valence-corrected chi connectivity index (χ4v) is 3.72. The van der Waals surface area contributed by atoms with E-state index in [1.807, 2.05) is 0 Å². The average molecular weight is 281 g/mol. The van der Waals surface area contributed by atoms with Gasteiger partial charge in [-0.15, -0.1) is 11.3 Å². The van der Waals surface area contributed by atoms with Crippen LogP contribution >= 0.6 is 11.3 Å². The van der Waals surface area contributed by atoms with Crippen LogP contribution in [0.5, 0.6) is 0 Å². The van der Waals surface area contributed by atoms with E-state index in [2.05, 4.69) is 63.2 Å². The Morgan fingerprint density at radius 1 is 0.900 bits per heavy atom. The molecule has 3 rings (SSSR count). The number of aryl methyl sites for hydroxylation is 3. The number of rotatable bonds is 2. The maximum atomic E-state index is 6.53. The molecule has 1 aromatic heterocycles. The Morgan fingerprint density at radius 2 is 1.60 bits per heavy atom. The van der Waals surface area contributed by atoms with Crippen LogP contribution in [0.3, 0.4) is 0 Å². The largest absolute Gasteiger partial charge is 0.320 e. The zero-order valence-corrected chi connectivity index (χ0v) is 12.9. The molecule has 0 aliphatic carbocycles. The third-order valence-corrected chi connectivity index (χ3v) is 5.24. The lowest BCUT2D eigenvalue weighted by atomic mass is 9.95. The van der Waals surface area contributed by atoms with Gasteiger partial charge in [-0.05, 0) is 54.3 Å². The summed E-state index contributed by atoms with van der Waals surface area (Å²) in [7, 11) is 0. The van der Waals surface area contributed by atoms with Crippen LogP contribution in [-0.4, -0.2) is 0 Å². The van der Waals surface area contributed by atoms with Gasteiger partial charge in [0.25, 0.3) is 0 Å². The van der Waals surface area contributed by atoms with Gasteiger partial charge in [0.1, 0.15) is 0 Å². The Bertz CT molecular complexity index is 751. The van der Waals surface area contributed by atoms with E-state index in [1.165, 1.54) is 37.2 Å². The van der Waals surface area contributed by atoms with Crippen LogP contribution in [0.15, 0.2) is 42.5 Å². The number of thiophene rings is 1. The summed E-state index contributed by atoms with van der Waals surface area (Å²) in [6, 6.07) is 15.0. The first kappa shape index (κ1) is 13.3. The molecule has 0 spiro atoms. The molecule has 1 atom stereocenters. The van der Waals surface area contributed by atoms with Crippen LogP contribution in [0.1, 0.15) is 32.5 Å². The van der Waals surface area contributed by atoms with Crippen molar-refractivity contribution >= 4 is 22.1 Å². The summed E-state index contributed by atoms with van der Waals surface area (Å²) in [5.41, 5.74) is 10.4. The highest BCUT2D eigenvalue weighted by atomic mass is 32.1. The zero-order valence-electron chi connectivity index (χ0n) is 12.1. The van der Waals surface area contributed by atoms with Crippen LogP contribution in [0.4, 0.5) is 0 Å². The average Bonchev–Trinajstić information content (AvgIpc) is 2.79. The third-order valence-electron chi connectivity index (χ3n) is 4.00. The molecule has 2 N–H and O–H groups in total. The fraction of sp³-hybridized carbons (Fsp3) is 0.222. The lowest BCUT2D eigenvalue weighted by molar-refractivity contribution is 0.902. The monoisotopic (exact) mass is 281 g/mol. The van der Waals surface area contributed by atoms with Crippen molar-refractivity contribution < 1.29 is 0 Å². The second kappa shape index (κ2) is 5.04. The van der Waals surface area contributed by atoms with Gasteiger partial charge in [0.15, 0.2) is 0 Å².